The molecule has 4 N–H and O–H groups in total. The summed E-state index contributed by atoms with van der Waals surface area (Å²) in [5.41, 5.74) is 4.89. The first-order chi connectivity index (χ1) is 7.40. The largest absolute Gasteiger partial charge is 0.478 e. The summed E-state index contributed by atoms with van der Waals surface area (Å²) in [4.78, 5) is 10.5. The minimum atomic E-state index is -3.74. The quantitative estimate of drug-likeness (QED) is 0.628. The van der Waals surface area contributed by atoms with E-state index in [1.54, 1.807) is 0 Å². The first-order valence-electron chi connectivity index (χ1n) is 4.35. The van der Waals surface area contributed by atoms with Gasteiger partial charge in [-0.25, -0.2) is 13.2 Å². The zero-order valence-corrected chi connectivity index (χ0v) is 9.07. The van der Waals surface area contributed by atoms with E-state index in [0.29, 0.717) is 0 Å². The lowest BCUT2D eigenvalue weighted by Gasteiger charge is -2.08. The molecule has 0 fully saturated rings. The van der Waals surface area contributed by atoms with Gasteiger partial charge in [-0.2, -0.15) is 0 Å². The molecule has 0 saturated carbocycles. The first-order valence-corrected chi connectivity index (χ1v) is 6.01. The van der Waals surface area contributed by atoms with Gasteiger partial charge in [-0.05, 0) is 12.1 Å². The van der Waals surface area contributed by atoms with Crippen LogP contribution in [0.2, 0.25) is 0 Å². The van der Waals surface area contributed by atoms with Crippen LogP contribution in [0, 0.1) is 0 Å². The number of nitrogens with two attached hydrogens (primary N) is 1. The number of nitrogen functional groups attached to an aromatic ring is 1. The molecule has 0 aliphatic carbocycles. The molecular formula is C9H11NO5S. The molecule has 0 aromatic heterocycles. The number of anilines is 1. The van der Waals surface area contributed by atoms with Crippen molar-refractivity contribution in [2.24, 2.45) is 0 Å². The molecule has 88 valence electrons. The number of aliphatic hydroxyl groups excluding tert-OH is 1. The minimum absolute atomic E-state index is 0.263. The van der Waals surface area contributed by atoms with Crippen LogP contribution < -0.4 is 5.73 Å². The van der Waals surface area contributed by atoms with Crippen LogP contribution in [0.1, 0.15) is 10.4 Å². The smallest absolute Gasteiger partial charge is 0.337 e. The van der Waals surface area contributed by atoms with Crippen molar-refractivity contribution in [3.63, 3.8) is 0 Å². The molecule has 0 unspecified atom stereocenters. The topological polar surface area (TPSA) is 118 Å². The minimum Gasteiger partial charge on any atom is -0.478 e. The van der Waals surface area contributed by atoms with E-state index in [1.165, 1.54) is 18.2 Å². The lowest BCUT2D eigenvalue weighted by molar-refractivity contribution is 0.0698. The zero-order valence-electron chi connectivity index (χ0n) is 8.25. The van der Waals surface area contributed by atoms with E-state index in [-0.39, 0.29) is 16.1 Å². The molecule has 0 aliphatic heterocycles. The molecule has 0 radical (unpaired) electrons. The fraction of sp³-hybridized carbons (Fsp3) is 0.222. The predicted molar refractivity (Wildman–Crippen MR) is 57.0 cm³/mol. The average Bonchev–Trinajstić information content (AvgIpc) is 2.17. The number of sulfone groups is 1. The summed E-state index contributed by atoms with van der Waals surface area (Å²) in [5.74, 6) is -1.78. The Hall–Kier alpha value is -1.60. The van der Waals surface area contributed by atoms with Gasteiger partial charge < -0.3 is 15.9 Å². The van der Waals surface area contributed by atoms with Crippen molar-refractivity contribution in [2.45, 2.75) is 4.90 Å². The fourth-order valence-corrected chi connectivity index (χ4v) is 2.42. The number of aromatic carboxylic acids is 1. The number of benzene rings is 1. The Morgan fingerprint density at radius 1 is 1.38 bits per heavy atom. The van der Waals surface area contributed by atoms with Gasteiger partial charge in [0.05, 0.1) is 28.5 Å². The summed E-state index contributed by atoms with van der Waals surface area (Å²) < 4.78 is 23.2. The van der Waals surface area contributed by atoms with Crippen LogP contribution in [0.15, 0.2) is 23.1 Å². The first kappa shape index (κ1) is 12.5. The van der Waals surface area contributed by atoms with Crippen molar-refractivity contribution in [3.05, 3.63) is 23.8 Å². The summed E-state index contributed by atoms with van der Waals surface area (Å²) in [6.45, 7) is -0.543. The highest BCUT2D eigenvalue weighted by Gasteiger charge is 2.20. The van der Waals surface area contributed by atoms with Gasteiger partial charge in [0.15, 0.2) is 9.84 Å². The summed E-state index contributed by atoms with van der Waals surface area (Å²) in [6, 6.07) is 3.73. The number of hydrogen-bond acceptors (Lipinski definition) is 5. The third kappa shape index (κ3) is 2.31. The van der Waals surface area contributed by atoms with Crippen LogP contribution >= 0.6 is 0 Å². The van der Waals surface area contributed by atoms with Crippen molar-refractivity contribution < 1.29 is 23.4 Å². The monoisotopic (exact) mass is 245 g/mol. The Kier molecular flexibility index (Phi) is 3.51. The molecule has 0 amide bonds. The zero-order chi connectivity index (χ0) is 12.3. The van der Waals surface area contributed by atoms with E-state index in [4.69, 9.17) is 15.9 Å². The number of aliphatic hydroxyl groups is 1. The third-order valence-corrected chi connectivity index (χ3v) is 3.74. The molecule has 0 saturated heterocycles. The average molecular weight is 245 g/mol. The van der Waals surface area contributed by atoms with Crippen LogP contribution in [-0.4, -0.2) is 37.0 Å². The molecule has 0 bridgehead atoms. The van der Waals surface area contributed by atoms with E-state index in [1.807, 2.05) is 0 Å². The molecule has 0 aliphatic rings. The Balaban J connectivity index is 3.37. The maximum absolute atomic E-state index is 11.6. The molecule has 0 heterocycles. The van der Waals surface area contributed by atoms with E-state index in [2.05, 4.69) is 0 Å². The molecule has 16 heavy (non-hydrogen) atoms. The maximum atomic E-state index is 11.6. The molecule has 6 nitrogen and oxygen atoms in total. The fourth-order valence-electron chi connectivity index (χ4n) is 1.23. The van der Waals surface area contributed by atoms with Gasteiger partial charge in [-0.3, -0.25) is 0 Å². The highest BCUT2D eigenvalue weighted by Crippen LogP contribution is 2.23. The second-order valence-corrected chi connectivity index (χ2v) is 5.14. The van der Waals surface area contributed by atoms with Gasteiger partial charge >= 0.3 is 5.97 Å². The van der Waals surface area contributed by atoms with Crippen LogP contribution in [0.25, 0.3) is 0 Å². The van der Waals surface area contributed by atoms with Crippen molar-refractivity contribution >= 4 is 21.5 Å². The second kappa shape index (κ2) is 4.50. The standard InChI is InChI=1S/C9H11NO5S/c10-8-6(9(12)13)2-1-3-7(8)16(14,15)5-4-11/h1-3,11H,4-5,10H2,(H,12,13). The Labute approximate surface area is 92.2 Å². The van der Waals surface area contributed by atoms with Crippen molar-refractivity contribution in [1.29, 1.82) is 0 Å². The molecule has 1 aromatic rings. The summed E-state index contributed by atoms with van der Waals surface area (Å²) in [7, 11) is -3.74. The maximum Gasteiger partial charge on any atom is 0.337 e. The third-order valence-electron chi connectivity index (χ3n) is 1.99. The van der Waals surface area contributed by atoms with Gasteiger partial charge in [0.25, 0.3) is 0 Å². The number of hydrogen-bond donors (Lipinski definition) is 3. The Bertz CT molecular complexity index is 509. The lowest BCUT2D eigenvalue weighted by Crippen LogP contribution is -2.14. The van der Waals surface area contributed by atoms with Crippen molar-refractivity contribution in [3.8, 4) is 0 Å². The van der Waals surface area contributed by atoms with Gasteiger partial charge in [0, 0.05) is 0 Å². The van der Waals surface area contributed by atoms with Crippen LogP contribution in [0.3, 0.4) is 0 Å². The Morgan fingerprint density at radius 3 is 2.50 bits per heavy atom. The molecule has 1 aromatic carbocycles. The highest BCUT2D eigenvalue weighted by molar-refractivity contribution is 7.91. The van der Waals surface area contributed by atoms with E-state index in [9.17, 15) is 13.2 Å². The summed E-state index contributed by atoms with van der Waals surface area (Å²) in [6.07, 6.45) is 0. The van der Waals surface area contributed by atoms with Crippen LogP contribution in [-0.2, 0) is 9.84 Å². The molecular weight excluding hydrogens is 234 g/mol. The van der Waals surface area contributed by atoms with E-state index >= 15 is 0 Å². The molecule has 0 atom stereocenters. The van der Waals surface area contributed by atoms with Crippen LogP contribution in [0.4, 0.5) is 5.69 Å². The molecule has 1 rings (SSSR count). The van der Waals surface area contributed by atoms with E-state index < -0.39 is 28.2 Å². The second-order valence-electron chi connectivity index (χ2n) is 3.07. The Morgan fingerprint density at radius 2 is 2.00 bits per heavy atom. The van der Waals surface area contributed by atoms with Gasteiger partial charge in [-0.15, -0.1) is 0 Å². The molecule has 0 spiro atoms. The van der Waals surface area contributed by atoms with Gasteiger partial charge in [0.2, 0.25) is 0 Å². The predicted octanol–water partition coefficient (Wildman–Crippen LogP) is -0.267. The van der Waals surface area contributed by atoms with E-state index in [0.717, 1.165) is 0 Å². The molecule has 7 heteroatoms. The number of carbonyl (C=O) groups is 1. The van der Waals surface area contributed by atoms with Gasteiger partial charge in [-0.1, -0.05) is 6.07 Å². The van der Waals surface area contributed by atoms with Crippen molar-refractivity contribution in [2.75, 3.05) is 18.1 Å². The summed E-state index contributed by atoms with van der Waals surface area (Å²) >= 11 is 0. The lowest BCUT2D eigenvalue weighted by atomic mass is 10.2. The van der Waals surface area contributed by atoms with Crippen LogP contribution in [0.5, 0.6) is 0 Å². The number of rotatable bonds is 4. The van der Waals surface area contributed by atoms with Gasteiger partial charge in [0.1, 0.15) is 0 Å². The number of para-hydroxylation sites is 1. The number of carboxylic acids is 1. The SMILES string of the molecule is Nc1c(C(=O)O)cccc1S(=O)(=O)CCO. The summed E-state index contributed by atoms with van der Waals surface area (Å²) in [5, 5.41) is 17.4. The normalized spacial score (nSPS) is 11.3. The highest BCUT2D eigenvalue weighted by atomic mass is 32.2. The number of carboxylic acid groups (broad SMARTS) is 1. The van der Waals surface area contributed by atoms with Crippen molar-refractivity contribution in [1.82, 2.24) is 0 Å².